The summed E-state index contributed by atoms with van der Waals surface area (Å²) in [5.74, 6) is 0.408. The third-order valence-electron chi connectivity index (χ3n) is 5.09. The number of carbonyl (C=O) groups is 1. The van der Waals surface area contributed by atoms with Crippen LogP contribution >= 0.6 is 0 Å². The van der Waals surface area contributed by atoms with E-state index in [0.717, 1.165) is 32.4 Å². The van der Waals surface area contributed by atoms with Gasteiger partial charge in [-0.05, 0) is 37.8 Å². The number of amides is 1. The monoisotopic (exact) mass is 300 g/mol. The Morgan fingerprint density at radius 2 is 1.80 bits per heavy atom. The molecule has 1 N–H and O–H groups in total. The predicted molar refractivity (Wildman–Crippen MR) is 77.1 cm³/mol. The van der Waals surface area contributed by atoms with Crippen molar-refractivity contribution < 1.29 is 13.2 Å². The maximum Gasteiger partial charge on any atom is 0.223 e. The second-order valence-electron chi connectivity index (χ2n) is 7.25. The molecule has 2 saturated heterocycles. The van der Waals surface area contributed by atoms with Gasteiger partial charge >= 0.3 is 0 Å². The Labute approximate surface area is 121 Å². The van der Waals surface area contributed by atoms with Gasteiger partial charge in [-0.3, -0.25) is 9.69 Å². The molecule has 2 heterocycles. The highest BCUT2D eigenvalue weighted by Crippen LogP contribution is 2.51. The Morgan fingerprint density at radius 3 is 2.35 bits per heavy atom. The molecule has 0 radical (unpaired) electrons. The van der Waals surface area contributed by atoms with Gasteiger partial charge in [0.1, 0.15) is 0 Å². The SMILES string of the molecule is CC1(C)C[C@@H]1C(=O)N[C@H]1CS(=O)(=O)C[C@@H]1N1CCCC1. The Balaban J connectivity index is 1.68. The molecule has 6 heteroatoms. The van der Waals surface area contributed by atoms with Crippen LogP contribution in [0.5, 0.6) is 0 Å². The van der Waals surface area contributed by atoms with Gasteiger partial charge in [0.2, 0.25) is 5.91 Å². The van der Waals surface area contributed by atoms with Crippen molar-refractivity contribution in [3.8, 4) is 0 Å². The summed E-state index contributed by atoms with van der Waals surface area (Å²) < 4.78 is 23.8. The zero-order chi connectivity index (χ0) is 14.5. The van der Waals surface area contributed by atoms with Crippen LogP contribution in [-0.2, 0) is 14.6 Å². The Bertz CT molecular complexity index is 509. The van der Waals surface area contributed by atoms with E-state index in [9.17, 15) is 13.2 Å². The summed E-state index contributed by atoms with van der Waals surface area (Å²) >= 11 is 0. The van der Waals surface area contributed by atoms with Crippen molar-refractivity contribution in [1.82, 2.24) is 10.2 Å². The molecule has 1 amide bonds. The standard InChI is InChI=1S/C14H24N2O3S/c1-14(2)7-10(14)13(17)15-11-8-20(18,19)9-12(11)16-5-3-4-6-16/h10-12H,3-9H2,1-2H3,(H,15,17)/t10-,11+,12+/m1/s1. The topological polar surface area (TPSA) is 66.5 Å². The summed E-state index contributed by atoms with van der Waals surface area (Å²) in [7, 11) is -3.02. The molecule has 2 aliphatic heterocycles. The van der Waals surface area contributed by atoms with Gasteiger partial charge in [0.05, 0.1) is 17.5 Å². The number of sulfone groups is 1. The first kappa shape index (κ1) is 14.3. The molecule has 114 valence electrons. The lowest BCUT2D eigenvalue weighted by Crippen LogP contribution is -2.50. The van der Waals surface area contributed by atoms with E-state index in [1.807, 2.05) is 0 Å². The Kier molecular flexibility index (Phi) is 3.36. The minimum absolute atomic E-state index is 0.0201. The zero-order valence-electron chi connectivity index (χ0n) is 12.3. The number of hydrogen-bond acceptors (Lipinski definition) is 4. The summed E-state index contributed by atoms with van der Waals surface area (Å²) in [6.45, 7) is 6.09. The average Bonchev–Trinajstić information content (AvgIpc) is 2.74. The van der Waals surface area contributed by atoms with Gasteiger partial charge in [0, 0.05) is 12.0 Å². The van der Waals surface area contributed by atoms with Gasteiger partial charge in [0.15, 0.2) is 9.84 Å². The summed E-state index contributed by atoms with van der Waals surface area (Å²) in [5, 5.41) is 3.02. The van der Waals surface area contributed by atoms with Crippen LogP contribution in [0.1, 0.15) is 33.1 Å². The van der Waals surface area contributed by atoms with Crippen molar-refractivity contribution in [2.45, 2.75) is 45.2 Å². The van der Waals surface area contributed by atoms with Gasteiger partial charge < -0.3 is 5.32 Å². The van der Waals surface area contributed by atoms with Crippen LogP contribution in [0.4, 0.5) is 0 Å². The van der Waals surface area contributed by atoms with Crippen LogP contribution in [0.3, 0.4) is 0 Å². The molecule has 0 unspecified atom stereocenters. The van der Waals surface area contributed by atoms with Crippen molar-refractivity contribution in [2.24, 2.45) is 11.3 Å². The lowest BCUT2D eigenvalue weighted by Gasteiger charge is -2.28. The third-order valence-corrected chi connectivity index (χ3v) is 6.81. The van der Waals surface area contributed by atoms with Crippen molar-refractivity contribution in [2.75, 3.05) is 24.6 Å². The molecular weight excluding hydrogens is 276 g/mol. The molecule has 0 aromatic heterocycles. The van der Waals surface area contributed by atoms with Gasteiger partial charge in [-0.15, -0.1) is 0 Å². The largest absolute Gasteiger partial charge is 0.350 e. The lowest BCUT2D eigenvalue weighted by molar-refractivity contribution is -0.123. The van der Waals surface area contributed by atoms with E-state index >= 15 is 0 Å². The van der Waals surface area contributed by atoms with Crippen LogP contribution in [0, 0.1) is 11.3 Å². The molecule has 3 atom stereocenters. The fourth-order valence-electron chi connectivity index (χ4n) is 3.60. The predicted octanol–water partition coefficient (Wildman–Crippen LogP) is 0.410. The van der Waals surface area contributed by atoms with Crippen molar-refractivity contribution in [3.05, 3.63) is 0 Å². The normalized spacial score (nSPS) is 38.8. The van der Waals surface area contributed by atoms with Gasteiger partial charge in [-0.1, -0.05) is 13.8 Å². The van der Waals surface area contributed by atoms with Crippen LogP contribution < -0.4 is 5.32 Å². The smallest absolute Gasteiger partial charge is 0.223 e. The first-order valence-corrected chi connectivity index (χ1v) is 9.35. The minimum atomic E-state index is -3.02. The van der Waals surface area contributed by atoms with Gasteiger partial charge in [-0.2, -0.15) is 0 Å². The molecule has 0 aromatic carbocycles. The van der Waals surface area contributed by atoms with Crippen LogP contribution in [0.25, 0.3) is 0 Å². The van der Waals surface area contributed by atoms with Gasteiger partial charge in [0.25, 0.3) is 0 Å². The van der Waals surface area contributed by atoms with Crippen LogP contribution in [0.2, 0.25) is 0 Å². The van der Waals surface area contributed by atoms with Crippen LogP contribution in [-0.4, -0.2) is 55.9 Å². The molecule has 20 heavy (non-hydrogen) atoms. The Hall–Kier alpha value is -0.620. The number of nitrogens with one attached hydrogen (secondary N) is 1. The number of hydrogen-bond donors (Lipinski definition) is 1. The summed E-state index contributed by atoms with van der Waals surface area (Å²) in [6.07, 6.45) is 3.17. The van der Waals surface area contributed by atoms with E-state index < -0.39 is 9.84 Å². The highest BCUT2D eigenvalue weighted by atomic mass is 32.2. The molecule has 1 saturated carbocycles. The molecule has 3 rings (SSSR count). The first-order chi connectivity index (χ1) is 9.28. The van der Waals surface area contributed by atoms with E-state index in [1.54, 1.807) is 0 Å². The average molecular weight is 300 g/mol. The molecular formula is C14H24N2O3S. The van der Waals surface area contributed by atoms with E-state index in [-0.39, 0.29) is 40.8 Å². The fraction of sp³-hybridized carbons (Fsp3) is 0.929. The first-order valence-electron chi connectivity index (χ1n) is 7.53. The highest BCUT2D eigenvalue weighted by Gasteiger charge is 2.52. The molecule has 3 fully saturated rings. The summed E-state index contributed by atoms with van der Waals surface area (Å²) in [4.78, 5) is 14.5. The van der Waals surface area contributed by atoms with E-state index in [0.29, 0.717) is 0 Å². The van der Waals surface area contributed by atoms with Crippen molar-refractivity contribution >= 4 is 15.7 Å². The fourth-order valence-corrected chi connectivity index (χ4v) is 5.55. The van der Waals surface area contributed by atoms with E-state index in [1.165, 1.54) is 0 Å². The molecule has 0 aromatic rings. The number of nitrogens with zero attached hydrogens (tertiary/aromatic N) is 1. The quantitative estimate of drug-likeness (QED) is 0.820. The second kappa shape index (κ2) is 4.70. The zero-order valence-corrected chi connectivity index (χ0v) is 13.1. The number of rotatable bonds is 3. The lowest BCUT2D eigenvalue weighted by atomic mass is 10.1. The minimum Gasteiger partial charge on any atom is -0.350 e. The molecule has 3 aliphatic rings. The second-order valence-corrected chi connectivity index (χ2v) is 9.40. The maximum absolute atomic E-state index is 12.2. The maximum atomic E-state index is 12.2. The summed E-state index contributed by atoms with van der Waals surface area (Å²) in [6, 6.07) is -0.240. The number of carbonyl (C=O) groups excluding carboxylic acids is 1. The third kappa shape index (κ3) is 2.72. The number of likely N-dealkylation sites (tertiary alicyclic amines) is 1. The summed E-state index contributed by atoms with van der Waals surface area (Å²) in [5.41, 5.74) is 0.0880. The van der Waals surface area contributed by atoms with Crippen molar-refractivity contribution in [3.63, 3.8) is 0 Å². The van der Waals surface area contributed by atoms with E-state index in [4.69, 9.17) is 0 Å². The Morgan fingerprint density at radius 1 is 1.20 bits per heavy atom. The highest BCUT2D eigenvalue weighted by molar-refractivity contribution is 7.91. The molecule has 5 nitrogen and oxygen atoms in total. The molecule has 0 spiro atoms. The van der Waals surface area contributed by atoms with E-state index in [2.05, 4.69) is 24.1 Å². The van der Waals surface area contributed by atoms with Crippen LogP contribution in [0.15, 0.2) is 0 Å². The van der Waals surface area contributed by atoms with Gasteiger partial charge in [-0.25, -0.2) is 8.42 Å². The molecule has 1 aliphatic carbocycles. The molecule has 0 bridgehead atoms. The van der Waals surface area contributed by atoms with Crippen molar-refractivity contribution in [1.29, 1.82) is 0 Å².